The van der Waals surface area contributed by atoms with Crippen LogP contribution in [0.1, 0.15) is 5.69 Å². The lowest BCUT2D eigenvalue weighted by Crippen LogP contribution is -2.20. The molecule has 0 radical (unpaired) electrons. The molecule has 2 aromatic heterocycles. The largest absolute Gasteiger partial charge is 0.367 e. The number of fused-ring (bicyclic) bond motifs is 1. The zero-order valence-corrected chi connectivity index (χ0v) is 8.44. The van der Waals surface area contributed by atoms with Crippen LogP contribution in [0.2, 0.25) is 0 Å². The average molecular weight is 201 g/mol. The Morgan fingerprint density at radius 2 is 2.40 bits per heavy atom. The Hall–Kier alpha value is -1.91. The number of aromatic nitrogens is 3. The fourth-order valence-electron chi connectivity index (χ4n) is 1.82. The van der Waals surface area contributed by atoms with Crippen LogP contribution in [0.25, 0.3) is 11.0 Å². The van der Waals surface area contributed by atoms with Crippen molar-refractivity contribution in [2.75, 3.05) is 13.1 Å². The molecule has 0 amide bonds. The van der Waals surface area contributed by atoms with E-state index in [-0.39, 0.29) is 0 Å². The lowest BCUT2D eigenvalue weighted by atomic mass is 10.2. The van der Waals surface area contributed by atoms with Gasteiger partial charge in [0.25, 0.3) is 0 Å². The SMILES string of the molecule is Cn1nc(C2=NCCN2)c2cccnc21. The van der Waals surface area contributed by atoms with E-state index >= 15 is 0 Å². The molecule has 0 fully saturated rings. The third-order valence-electron chi connectivity index (χ3n) is 2.50. The molecule has 76 valence electrons. The van der Waals surface area contributed by atoms with Crippen LogP contribution < -0.4 is 5.32 Å². The molecule has 5 heteroatoms. The molecule has 2 aromatic rings. The van der Waals surface area contributed by atoms with E-state index < -0.39 is 0 Å². The first-order valence-corrected chi connectivity index (χ1v) is 4.92. The zero-order chi connectivity index (χ0) is 10.3. The molecule has 15 heavy (non-hydrogen) atoms. The highest BCUT2D eigenvalue weighted by molar-refractivity contribution is 6.07. The lowest BCUT2D eigenvalue weighted by Gasteiger charge is -1.96. The van der Waals surface area contributed by atoms with Gasteiger partial charge in [-0.15, -0.1) is 0 Å². The minimum atomic E-state index is 0.827. The summed E-state index contributed by atoms with van der Waals surface area (Å²) in [4.78, 5) is 8.66. The van der Waals surface area contributed by atoms with Gasteiger partial charge in [-0.3, -0.25) is 4.99 Å². The number of amidine groups is 1. The van der Waals surface area contributed by atoms with Crippen LogP contribution in [0.4, 0.5) is 0 Å². The monoisotopic (exact) mass is 201 g/mol. The second-order valence-electron chi connectivity index (χ2n) is 3.50. The van der Waals surface area contributed by atoms with Gasteiger partial charge in [0.2, 0.25) is 0 Å². The molecule has 5 nitrogen and oxygen atoms in total. The molecule has 0 aromatic carbocycles. The Labute approximate surface area is 86.8 Å². The smallest absolute Gasteiger partial charge is 0.158 e. The third kappa shape index (κ3) is 1.20. The van der Waals surface area contributed by atoms with Gasteiger partial charge in [0, 0.05) is 19.8 Å². The van der Waals surface area contributed by atoms with Crippen molar-refractivity contribution in [2.45, 2.75) is 0 Å². The molecular weight excluding hydrogens is 190 g/mol. The minimum Gasteiger partial charge on any atom is -0.367 e. The van der Waals surface area contributed by atoms with Crippen molar-refractivity contribution >= 4 is 16.9 Å². The standard InChI is InChI=1S/C10H11N5/c1-15-10-7(3-2-4-13-10)8(14-15)9-11-5-6-12-9/h2-4H,5-6H2,1H3,(H,11,12). The van der Waals surface area contributed by atoms with Crippen LogP contribution in [0.5, 0.6) is 0 Å². The Kier molecular flexibility index (Phi) is 1.71. The quantitative estimate of drug-likeness (QED) is 0.722. The highest BCUT2D eigenvalue weighted by Gasteiger charge is 2.16. The third-order valence-corrected chi connectivity index (χ3v) is 2.50. The van der Waals surface area contributed by atoms with E-state index in [1.165, 1.54) is 0 Å². The van der Waals surface area contributed by atoms with Gasteiger partial charge in [-0.25, -0.2) is 9.67 Å². The van der Waals surface area contributed by atoms with E-state index in [1.807, 2.05) is 19.2 Å². The van der Waals surface area contributed by atoms with E-state index in [4.69, 9.17) is 0 Å². The minimum absolute atomic E-state index is 0.827. The normalized spacial score (nSPS) is 15.4. The molecule has 0 atom stereocenters. The van der Waals surface area contributed by atoms with Crippen LogP contribution in [0.15, 0.2) is 23.3 Å². The summed E-state index contributed by atoms with van der Waals surface area (Å²) in [6.45, 7) is 1.72. The van der Waals surface area contributed by atoms with E-state index in [1.54, 1.807) is 10.9 Å². The van der Waals surface area contributed by atoms with E-state index in [0.717, 1.165) is 35.7 Å². The maximum absolute atomic E-state index is 4.43. The number of pyridine rings is 1. The van der Waals surface area contributed by atoms with Crippen LogP contribution in [-0.2, 0) is 7.05 Å². The molecule has 1 N–H and O–H groups in total. The van der Waals surface area contributed by atoms with Gasteiger partial charge in [-0.05, 0) is 12.1 Å². The fourth-order valence-corrected chi connectivity index (χ4v) is 1.82. The second-order valence-corrected chi connectivity index (χ2v) is 3.50. The number of aryl methyl sites for hydroxylation is 1. The number of hydrogen-bond acceptors (Lipinski definition) is 4. The summed E-state index contributed by atoms with van der Waals surface area (Å²) in [7, 11) is 1.90. The molecular formula is C10H11N5. The van der Waals surface area contributed by atoms with Crippen LogP contribution in [-0.4, -0.2) is 33.7 Å². The van der Waals surface area contributed by atoms with E-state index in [9.17, 15) is 0 Å². The highest BCUT2D eigenvalue weighted by Crippen LogP contribution is 2.15. The van der Waals surface area contributed by atoms with Gasteiger partial charge in [0.1, 0.15) is 11.5 Å². The van der Waals surface area contributed by atoms with Gasteiger partial charge in [-0.2, -0.15) is 5.10 Å². The maximum atomic E-state index is 4.43. The molecule has 1 aliphatic rings. The van der Waals surface area contributed by atoms with Gasteiger partial charge in [0.05, 0.1) is 11.9 Å². The predicted octanol–water partition coefficient (Wildman–Crippen LogP) is 0.318. The summed E-state index contributed by atoms with van der Waals surface area (Å²) in [5.41, 5.74) is 1.79. The number of rotatable bonds is 1. The molecule has 0 spiro atoms. The molecule has 0 saturated heterocycles. The van der Waals surface area contributed by atoms with Gasteiger partial charge >= 0.3 is 0 Å². The first-order valence-electron chi connectivity index (χ1n) is 4.92. The Morgan fingerprint density at radius 1 is 1.47 bits per heavy atom. The summed E-state index contributed by atoms with van der Waals surface area (Å²) >= 11 is 0. The highest BCUT2D eigenvalue weighted by atomic mass is 15.3. The van der Waals surface area contributed by atoms with Crippen molar-refractivity contribution in [3.05, 3.63) is 24.0 Å². The molecule has 0 saturated carbocycles. The Morgan fingerprint density at radius 3 is 3.20 bits per heavy atom. The molecule has 3 heterocycles. The molecule has 1 aliphatic heterocycles. The molecule has 0 unspecified atom stereocenters. The van der Waals surface area contributed by atoms with Crippen LogP contribution in [0.3, 0.4) is 0 Å². The van der Waals surface area contributed by atoms with Gasteiger partial charge < -0.3 is 5.32 Å². The summed E-state index contributed by atoms with van der Waals surface area (Å²) in [6, 6.07) is 3.94. The summed E-state index contributed by atoms with van der Waals surface area (Å²) in [6.07, 6.45) is 1.78. The second kappa shape index (κ2) is 3.05. The lowest BCUT2D eigenvalue weighted by molar-refractivity contribution is 0.781. The van der Waals surface area contributed by atoms with Crippen molar-refractivity contribution in [3.8, 4) is 0 Å². The van der Waals surface area contributed by atoms with Crippen molar-refractivity contribution in [1.82, 2.24) is 20.1 Å². The van der Waals surface area contributed by atoms with E-state index in [0.29, 0.717) is 0 Å². The van der Waals surface area contributed by atoms with Crippen LogP contribution in [0, 0.1) is 0 Å². The van der Waals surface area contributed by atoms with Crippen molar-refractivity contribution < 1.29 is 0 Å². The maximum Gasteiger partial charge on any atom is 0.158 e. The van der Waals surface area contributed by atoms with Crippen molar-refractivity contribution in [2.24, 2.45) is 12.0 Å². The number of hydrogen-bond donors (Lipinski definition) is 1. The first kappa shape index (κ1) is 8.40. The summed E-state index contributed by atoms with van der Waals surface area (Å²) in [5.74, 6) is 0.883. The number of nitrogens with one attached hydrogen (secondary N) is 1. The van der Waals surface area contributed by atoms with Crippen LogP contribution >= 0.6 is 0 Å². The number of aliphatic imine (C=N–C) groups is 1. The topological polar surface area (TPSA) is 55.1 Å². The van der Waals surface area contributed by atoms with E-state index in [2.05, 4.69) is 20.4 Å². The Balaban J connectivity index is 2.26. The summed E-state index contributed by atoms with van der Waals surface area (Å²) in [5, 5.41) is 8.71. The van der Waals surface area contributed by atoms with Gasteiger partial charge in [-0.1, -0.05) is 0 Å². The summed E-state index contributed by atoms with van der Waals surface area (Å²) < 4.78 is 1.78. The average Bonchev–Trinajstić information content (AvgIpc) is 2.87. The predicted molar refractivity (Wildman–Crippen MR) is 57.9 cm³/mol. The van der Waals surface area contributed by atoms with Crippen molar-refractivity contribution in [1.29, 1.82) is 0 Å². The number of nitrogens with zero attached hydrogens (tertiary/aromatic N) is 4. The van der Waals surface area contributed by atoms with Gasteiger partial charge in [0.15, 0.2) is 5.65 Å². The molecule has 3 rings (SSSR count). The van der Waals surface area contributed by atoms with Crippen molar-refractivity contribution in [3.63, 3.8) is 0 Å². The first-order chi connectivity index (χ1) is 7.36. The Bertz CT molecular complexity index is 540. The molecule has 0 bridgehead atoms. The molecule has 0 aliphatic carbocycles. The fraction of sp³-hybridized carbons (Fsp3) is 0.300. The zero-order valence-electron chi connectivity index (χ0n) is 8.44.